The molecule has 0 N–H and O–H groups in total. The van der Waals surface area contributed by atoms with E-state index in [1.165, 1.54) is 13.1 Å². The van der Waals surface area contributed by atoms with Gasteiger partial charge in [-0.2, -0.15) is 0 Å². The molecular formula is C17H20N2O4. The summed E-state index contributed by atoms with van der Waals surface area (Å²) in [6.45, 7) is 6.78. The van der Waals surface area contributed by atoms with Gasteiger partial charge in [-0.25, -0.2) is 0 Å². The van der Waals surface area contributed by atoms with Gasteiger partial charge < -0.3 is 9.64 Å². The summed E-state index contributed by atoms with van der Waals surface area (Å²) in [7, 11) is 1.44. The molecule has 23 heavy (non-hydrogen) atoms. The molecular weight excluding hydrogens is 296 g/mol. The van der Waals surface area contributed by atoms with Crippen LogP contribution in [-0.4, -0.2) is 59.4 Å². The predicted octanol–water partition coefficient (Wildman–Crippen LogP) is 1.55. The van der Waals surface area contributed by atoms with Crippen molar-refractivity contribution in [3.63, 3.8) is 0 Å². The van der Waals surface area contributed by atoms with Gasteiger partial charge in [0.2, 0.25) is 0 Å². The molecule has 2 aliphatic heterocycles. The third kappa shape index (κ3) is 2.53. The van der Waals surface area contributed by atoms with Gasteiger partial charge >= 0.3 is 0 Å². The van der Waals surface area contributed by atoms with Gasteiger partial charge in [-0.05, 0) is 39.0 Å². The molecule has 1 saturated heterocycles. The highest BCUT2D eigenvalue weighted by atomic mass is 16.5. The average molecular weight is 316 g/mol. The van der Waals surface area contributed by atoms with Crippen molar-refractivity contribution in [2.75, 3.05) is 20.2 Å². The summed E-state index contributed by atoms with van der Waals surface area (Å²) in [4.78, 5) is 39.7. The summed E-state index contributed by atoms with van der Waals surface area (Å²) >= 11 is 0. The van der Waals surface area contributed by atoms with Crippen molar-refractivity contribution < 1.29 is 19.1 Å². The summed E-state index contributed by atoms with van der Waals surface area (Å²) in [5.74, 6) is -0.841. The van der Waals surface area contributed by atoms with Gasteiger partial charge in [0.1, 0.15) is 0 Å². The molecule has 0 spiro atoms. The highest BCUT2D eigenvalue weighted by Gasteiger charge is 2.37. The number of imide groups is 1. The van der Waals surface area contributed by atoms with E-state index in [9.17, 15) is 14.4 Å². The van der Waals surface area contributed by atoms with Crippen LogP contribution in [0, 0.1) is 0 Å². The van der Waals surface area contributed by atoms with Gasteiger partial charge in [-0.15, -0.1) is 0 Å². The lowest BCUT2D eigenvalue weighted by Crippen LogP contribution is -2.55. The molecule has 3 rings (SSSR count). The molecule has 1 aromatic rings. The maximum atomic E-state index is 12.8. The van der Waals surface area contributed by atoms with Gasteiger partial charge in [-0.3, -0.25) is 19.3 Å². The van der Waals surface area contributed by atoms with Crippen LogP contribution >= 0.6 is 0 Å². The fourth-order valence-corrected chi connectivity index (χ4v) is 2.98. The number of amides is 3. The summed E-state index contributed by atoms with van der Waals surface area (Å²) in [6, 6.07) is 4.66. The van der Waals surface area contributed by atoms with E-state index in [1.807, 2.05) is 20.8 Å². The normalized spacial score (nSPS) is 23.2. The zero-order valence-corrected chi connectivity index (χ0v) is 13.8. The summed E-state index contributed by atoms with van der Waals surface area (Å²) in [5, 5.41) is 0. The molecule has 0 saturated carbocycles. The van der Waals surface area contributed by atoms with Crippen LogP contribution < -0.4 is 0 Å². The lowest BCUT2D eigenvalue weighted by molar-refractivity contribution is -0.0980. The Labute approximate surface area is 135 Å². The smallest absolute Gasteiger partial charge is 0.261 e. The van der Waals surface area contributed by atoms with Gasteiger partial charge in [0.05, 0.1) is 29.4 Å². The van der Waals surface area contributed by atoms with E-state index in [4.69, 9.17) is 4.74 Å². The van der Waals surface area contributed by atoms with Crippen LogP contribution in [0.4, 0.5) is 0 Å². The lowest BCUT2D eigenvalue weighted by Gasteiger charge is -2.42. The number of hydrogen-bond acceptors (Lipinski definition) is 4. The molecule has 6 nitrogen and oxygen atoms in total. The molecule has 6 heteroatoms. The molecule has 0 aliphatic carbocycles. The number of fused-ring (bicyclic) bond motifs is 1. The quantitative estimate of drug-likeness (QED) is 0.737. The van der Waals surface area contributed by atoms with Crippen molar-refractivity contribution in [1.82, 2.24) is 9.80 Å². The van der Waals surface area contributed by atoms with Gasteiger partial charge in [0.25, 0.3) is 17.7 Å². The Hall–Kier alpha value is -2.21. The molecule has 1 atom stereocenters. The summed E-state index contributed by atoms with van der Waals surface area (Å²) in [5.41, 5.74) is 0.669. The largest absolute Gasteiger partial charge is 0.372 e. The molecule has 0 radical (unpaired) electrons. The van der Waals surface area contributed by atoms with Crippen molar-refractivity contribution in [1.29, 1.82) is 0 Å². The minimum Gasteiger partial charge on any atom is -0.372 e. The van der Waals surface area contributed by atoms with E-state index in [0.29, 0.717) is 29.8 Å². The Balaban J connectivity index is 1.93. The molecule has 2 aliphatic rings. The first-order valence-corrected chi connectivity index (χ1v) is 7.62. The second kappa shape index (κ2) is 5.16. The first kappa shape index (κ1) is 15.7. The van der Waals surface area contributed by atoms with Crippen LogP contribution in [0.1, 0.15) is 51.8 Å². The first-order chi connectivity index (χ1) is 10.7. The van der Waals surface area contributed by atoms with E-state index < -0.39 is 5.60 Å². The number of rotatable bonds is 1. The molecule has 2 heterocycles. The average Bonchev–Trinajstić information content (AvgIpc) is 2.73. The Bertz CT molecular complexity index is 711. The van der Waals surface area contributed by atoms with Gasteiger partial charge in [0.15, 0.2) is 0 Å². The highest BCUT2D eigenvalue weighted by Crippen LogP contribution is 2.26. The topological polar surface area (TPSA) is 66.9 Å². The number of hydrogen-bond donors (Lipinski definition) is 0. The zero-order chi connectivity index (χ0) is 16.9. The Kier molecular flexibility index (Phi) is 3.52. The SMILES string of the molecule is C[C@H]1COC(C)(C)CN1C(=O)c1ccc2c(c1)C(=O)N(C)C2=O. The second-order valence-electron chi connectivity index (χ2n) is 6.78. The van der Waals surface area contributed by atoms with E-state index in [1.54, 1.807) is 17.0 Å². The number of morpholine rings is 1. The standard InChI is InChI=1S/C17H20N2O4/c1-10-8-23-17(2,3)9-19(10)14(20)11-5-6-12-13(7-11)16(22)18(4)15(12)21/h5-7,10H,8-9H2,1-4H3/t10-/m0/s1. The minimum atomic E-state index is -0.398. The Morgan fingerprint density at radius 2 is 1.87 bits per heavy atom. The van der Waals surface area contributed by atoms with Crippen LogP contribution in [0.25, 0.3) is 0 Å². The van der Waals surface area contributed by atoms with E-state index in [-0.39, 0.29) is 23.8 Å². The molecule has 0 aromatic heterocycles. The zero-order valence-electron chi connectivity index (χ0n) is 13.8. The molecule has 0 bridgehead atoms. The third-order valence-corrected chi connectivity index (χ3v) is 4.40. The lowest BCUT2D eigenvalue weighted by atomic mass is 10.0. The molecule has 1 aromatic carbocycles. The number of benzene rings is 1. The molecule has 0 unspecified atom stereocenters. The monoisotopic (exact) mass is 316 g/mol. The predicted molar refractivity (Wildman–Crippen MR) is 83.4 cm³/mol. The van der Waals surface area contributed by atoms with Crippen LogP contribution in [-0.2, 0) is 4.74 Å². The van der Waals surface area contributed by atoms with Crippen molar-refractivity contribution in [3.05, 3.63) is 34.9 Å². The fraction of sp³-hybridized carbons (Fsp3) is 0.471. The molecule has 1 fully saturated rings. The maximum absolute atomic E-state index is 12.8. The van der Waals surface area contributed by atoms with Crippen molar-refractivity contribution in [3.8, 4) is 0 Å². The Morgan fingerprint density at radius 1 is 1.22 bits per heavy atom. The van der Waals surface area contributed by atoms with Crippen LogP contribution in [0.2, 0.25) is 0 Å². The van der Waals surface area contributed by atoms with Crippen molar-refractivity contribution in [2.45, 2.75) is 32.4 Å². The van der Waals surface area contributed by atoms with Gasteiger partial charge in [0, 0.05) is 19.2 Å². The summed E-state index contributed by atoms with van der Waals surface area (Å²) < 4.78 is 5.71. The van der Waals surface area contributed by atoms with E-state index in [2.05, 4.69) is 0 Å². The number of carbonyl (C=O) groups excluding carboxylic acids is 3. The van der Waals surface area contributed by atoms with Crippen molar-refractivity contribution in [2.24, 2.45) is 0 Å². The first-order valence-electron chi connectivity index (χ1n) is 7.62. The van der Waals surface area contributed by atoms with Crippen LogP contribution in [0.5, 0.6) is 0 Å². The van der Waals surface area contributed by atoms with E-state index in [0.717, 1.165) is 4.90 Å². The maximum Gasteiger partial charge on any atom is 0.261 e. The fourth-order valence-electron chi connectivity index (χ4n) is 2.98. The van der Waals surface area contributed by atoms with Crippen molar-refractivity contribution >= 4 is 17.7 Å². The van der Waals surface area contributed by atoms with Crippen LogP contribution in [0.15, 0.2) is 18.2 Å². The highest BCUT2D eigenvalue weighted by molar-refractivity contribution is 6.21. The minimum absolute atomic E-state index is 0.0382. The Morgan fingerprint density at radius 3 is 2.57 bits per heavy atom. The van der Waals surface area contributed by atoms with Crippen LogP contribution in [0.3, 0.4) is 0 Å². The number of carbonyl (C=O) groups is 3. The molecule has 122 valence electrons. The molecule has 3 amide bonds. The van der Waals surface area contributed by atoms with E-state index >= 15 is 0 Å². The summed E-state index contributed by atoms with van der Waals surface area (Å²) in [6.07, 6.45) is 0. The second-order valence-corrected chi connectivity index (χ2v) is 6.78. The number of ether oxygens (including phenoxy) is 1. The third-order valence-electron chi connectivity index (χ3n) is 4.40. The van der Waals surface area contributed by atoms with Gasteiger partial charge in [-0.1, -0.05) is 0 Å². The number of nitrogens with zero attached hydrogens (tertiary/aromatic N) is 2.